The van der Waals surface area contributed by atoms with Gasteiger partial charge in [-0.2, -0.15) is 0 Å². The highest BCUT2D eigenvalue weighted by Crippen LogP contribution is 2.16. The number of esters is 1. The molecular weight excluding hydrogens is 307 g/mol. The van der Waals surface area contributed by atoms with Gasteiger partial charge in [0, 0.05) is 17.0 Å². The van der Waals surface area contributed by atoms with Gasteiger partial charge in [-0.3, -0.25) is 10.1 Å². The van der Waals surface area contributed by atoms with Gasteiger partial charge in [0.25, 0.3) is 0 Å². The first-order valence-corrected chi connectivity index (χ1v) is 7.34. The van der Waals surface area contributed by atoms with Crippen LogP contribution in [-0.2, 0) is 9.53 Å². The average Bonchev–Trinajstić information content (AvgIpc) is 2.95. The van der Waals surface area contributed by atoms with E-state index in [4.69, 9.17) is 4.74 Å². The number of nitrogens with one attached hydrogen (secondary N) is 1. The number of amides is 1. The Bertz CT molecular complexity index is 712. The van der Waals surface area contributed by atoms with Crippen molar-refractivity contribution in [2.24, 2.45) is 0 Å². The average molecular weight is 320 g/mol. The Morgan fingerprint density at radius 1 is 1.41 bits per heavy atom. The molecular formula is C15H13FN2O3S. The van der Waals surface area contributed by atoms with Crippen LogP contribution in [0.1, 0.15) is 23.0 Å². The maximum absolute atomic E-state index is 13.4. The van der Waals surface area contributed by atoms with Crippen LogP contribution in [-0.4, -0.2) is 23.5 Å². The largest absolute Gasteiger partial charge is 0.461 e. The molecule has 0 unspecified atom stereocenters. The smallest absolute Gasteiger partial charge is 0.357 e. The van der Waals surface area contributed by atoms with Gasteiger partial charge in [0.15, 0.2) is 10.8 Å². The van der Waals surface area contributed by atoms with Gasteiger partial charge in [-0.25, -0.2) is 14.2 Å². The number of nitrogens with zero attached hydrogens (tertiary/aromatic N) is 1. The lowest BCUT2D eigenvalue weighted by atomic mass is 10.2. The van der Waals surface area contributed by atoms with Gasteiger partial charge in [0.1, 0.15) is 5.82 Å². The summed E-state index contributed by atoms with van der Waals surface area (Å²) >= 11 is 1.11. The fourth-order valence-corrected chi connectivity index (χ4v) is 2.24. The summed E-state index contributed by atoms with van der Waals surface area (Å²) < 4.78 is 18.2. The van der Waals surface area contributed by atoms with Gasteiger partial charge < -0.3 is 4.74 Å². The molecule has 0 aliphatic carbocycles. The molecule has 2 aromatic rings. The van der Waals surface area contributed by atoms with E-state index in [1.54, 1.807) is 25.1 Å². The molecule has 1 aromatic carbocycles. The van der Waals surface area contributed by atoms with E-state index in [1.165, 1.54) is 23.6 Å². The highest BCUT2D eigenvalue weighted by molar-refractivity contribution is 7.14. The molecule has 22 heavy (non-hydrogen) atoms. The number of hydrogen-bond donors (Lipinski definition) is 1. The fourth-order valence-electron chi connectivity index (χ4n) is 1.55. The van der Waals surface area contributed by atoms with Crippen LogP contribution in [0.15, 0.2) is 35.7 Å². The summed E-state index contributed by atoms with van der Waals surface area (Å²) in [6.45, 7) is 1.95. The summed E-state index contributed by atoms with van der Waals surface area (Å²) in [6, 6.07) is 6.11. The van der Waals surface area contributed by atoms with E-state index in [1.807, 2.05) is 0 Å². The number of aromatic nitrogens is 1. The Kier molecular flexibility index (Phi) is 5.37. The zero-order valence-corrected chi connectivity index (χ0v) is 12.5. The third kappa shape index (κ3) is 4.23. The van der Waals surface area contributed by atoms with E-state index in [-0.39, 0.29) is 17.4 Å². The number of anilines is 1. The first kappa shape index (κ1) is 15.8. The van der Waals surface area contributed by atoms with E-state index in [0.717, 1.165) is 11.3 Å². The summed E-state index contributed by atoms with van der Waals surface area (Å²) in [6.07, 6.45) is 2.56. The third-order valence-electron chi connectivity index (χ3n) is 2.54. The maximum Gasteiger partial charge on any atom is 0.357 e. The van der Waals surface area contributed by atoms with Crippen LogP contribution in [0.4, 0.5) is 9.52 Å². The maximum atomic E-state index is 13.4. The number of benzene rings is 1. The van der Waals surface area contributed by atoms with Crippen molar-refractivity contribution < 1.29 is 18.7 Å². The zero-order chi connectivity index (χ0) is 15.9. The molecule has 0 saturated heterocycles. The van der Waals surface area contributed by atoms with Crippen LogP contribution >= 0.6 is 11.3 Å². The van der Waals surface area contributed by atoms with Crippen LogP contribution in [0.5, 0.6) is 0 Å². The van der Waals surface area contributed by atoms with Gasteiger partial charge in [-0.05, 0) is 19.1 Å². The van der Waals surface area contributed by atoms with Gasteiger partial charge in [-0.15, -0.1) is 11.3 Å². The van der Waals surface area contributed by atoms with E-state index < -0.39 is 17.7 Å². The van der Waals surface area contributed by atoms with Crippen LogP contribution in [0.25, 0.3) is 6.08 Å². The molecule has 0 radical (unpaired) electrons. The Labute approximate surface area is 130 Å². The van der Waals surface area contributed by atoms with E-state index in [2.05, 4.69) is 10.3 Å². The van der Waals surface area contributed by atoms with Gasteiger partial charge in [0.2, 0.25) is 5.91 Å². The molecule has 0 fully saturated rings. The minimum absolute atomic E-state index is 0.139. The van der Waals surface area contributed by atoms with E-state index in [0.29, 0.717) is 5.56 Å². The summed E-state index contributed by atoms with van der Waals surface area (Å²) in [5.41, 5.74) is 0.448. The van der Waals surface area contributed by atoms with Gasteiger partial charge in [0.05, 0.1) is 6.61 Å². The second-order valence-corrected chi connectivity index (χ2v) is 4.96. The Hall–Kier alpha value is -2.54. The highest BCUT2D eigenvalue weighted by Gasteiger charge is 2.12. The molecule has 0 atom stereocenters. The second kappa shape index (κ2) is 7.46. The molecule has 7 heteroatoms. The Balaban J connectivity index is 1.98. The van der Waals surface area contributed by atoms with Crippen molar-refractivity contribution in [1.29, 1.82) is 0 Å². The quantitative estimate of drug-likeness (QED) is 0.679. The van der Waals surface area contributed by atoms with Crippen molar-refractivity contribution in [2.75, 3.05) is 11.9 Å². The lowest BCUT2D eigenvalue weighted by Gasteiger charge is -1.98. The van der Waals surface area contributed by atoms with Crippen molar-refractivity contribution in [2.45, 2.75) is 6.92 Å². The number of rotatable bonds is 5. The summed E-state index contributed by atoms with van der Waals surface area (Å²) in [4.78, 5) is 27.1. The standard InChI is InChI=1S/C15H13FN2O3S/c1-2-21-14(20)12-9-22-15(17-12)18-13(19)8-7-10-5-3-4-6-11(10)16/h3-9H,2H2,1H3,(H,17,18,19)/b8-7+. The Morgan fingerprint density at radius 3 is 2.91 bits per heavy atom. The van der Waals surface area contributed by atoms with Crippen molar-refractivity contribution in [1.82, 2.24) is 4.98 Å². The Morgan fingerprint density at radius 2 is 2.18 bits per heavy atom. The van der Waals surface area contributed by atoms with Crippen molar-refractivity contribution >= 4 is 34.4 Å². The van der Waals surface area contributed by atoms with Crippen LogP contribution in [0.2, 0.25) is 0 Å². The molecule has 0 saturated carbocycles. The number of carbonyl (C=O) groups excluding carboxylic acids is 2. The summed E-state index contributed by atoms with van der Waals surface area (Å²) in [5, 5.41) is 4.26. The lowest BCUT2D eigenvalue weighted by Crippen LogP contribution is -2.09. The van der Waals surface area contributed by atoms with Crippen molar-refractivity contribution in [3.63, 3.8) is 0 Å². The number of carbonyl (C=O) groups is 2. The second-order valence-electron chi connectivity index (χ2n) is 4.10. The predicted molar refractivity (Wildman–Crippen MR) is 82.1 cm³/mol. The molecule has 114 valence electrons. The molecule has 1 heterocycles. The first-order valence-electron chi connectivity index (χ1n) is 6.46. The van der Waals surface area contributed by atoms with Gasteiger partial charge >= 0.3 is 5.97 Å². The zero-order valence-electron chi connectivity index (χ0n) is 11.7. The SMILES string of the molecule is CCOC(=O)c1csc(NC(=O)/C=C/c2ccccc2F)n1. The number of halogens is 1. The molecule has 0 bridgehead atoms. The number of ether oxygens (including phenoxy) is 1. The normalized spacial score (nSPS) is 10.6. The monoisotopic (exact) mass is 320 g/mol. The molecule has 0 aliphatic heterocycles. The molecule has 0 spiro atoms. The van der Waals surface area contributed by atoms with Crippen LogP contribution in [0, 0.1) is 5.82 Å². The third-order valence-corrected chi connectivity index (χ3v) is 3.30. The number of hydrogen-bond acceptors (Lipinski definition) is 5. The van der Waals surface area contributed by atoms with Crippen molar-refractivity contribution in [3.8, 4) is 0 Å². The fraction of sp³-hybridized carbons (Fsp3) is 0.133. The van der Waals surface area contributed by atoms with Crippen LogP contribution in [0.3, 0.4) is 0 Å². The highest BCUT2D eigenvalue weighted by atomic mass is 32.1. The number of thiazole rings is 1. The molecule has 1 N–H and O–H groups in total. The predicted octanol–water partition coefficient (Wildman–Crippen LogP) is 3.11. The molecule has 2 rings (SSSR count). The topological polar surface area (TPSA) is 68.3 Å². The lowest BCUT2D eigenvalue weighted by molar-refractivity contribution is -0.111. The molecule has 5 nitrogen and oxygen atoms in total. The van der Waals surface area contributed by atoms with Gasteiger partial charge in [-0.1, -0.05) is 18.2 Å². The minimum atomic E-state index is -0.541. The first-order chi connectivity index (χ1) is 10.6. The molecule has 1 amide bonds. The molecule has 1 aromatic heterocycles. The summed E-state index contributed by atoms with van der Waals surface area (Å²) in [5.74, 6) is -1.42. The van der Waals surface area contributed by atoms with E-state index in [9.17, 15) is 14.0 Å². The molecule has 0 aliphatic rings. The minimum Gasteiger partial charge on any atom is -0.461 e. The van der Waals surface area contributed by atoms with Crippen molar-refractivity contribution in [3.05, 3.63) is 52.8 Å². The van der Waals surface area contributed by atoms with Crippen LogP contribution < -0.4 is 5.32 Å². The summed E-state index contributed by atoms with van der Waals surface area (Å²) in [7, 11) is 0. The van der Waals surface area contributed by atoms with E-state index >= 15 is 0 Å².